The molecule has 0 spiro atoms. The van der Waals surface area contributed by atoms with Crippen LogP contribution in [-0.2, 0) is 0 Å². The number of benzene rings is 3. The third kappa shape index (κ3) is 5.74. The number of hydrogen-bond donors (Lipinski definition) is 2. The normalized spacial score (nSPS) is 10.6. The van der Waals surface area contributed by atoms with Crippen molar-refractivity contribution < 1.29 is 4.79 Å². The summed E-state index contributed by atoms with van der Waals surface area (Å²) in [6, 6.07) is 26.0. The molecule has 0 radical (unpaired) electrons. The van der Waals surface area contributed by atoms with Crippen molar-refractivity contribution in [3.05, 3.63) is 84.4 Å². The molecule has 4 aromatic rings. The van der Waals surface area contributed by atoms with Crippen molar-refractivity contribution in [2.75, 3.05) is 18.4 Å². The van der Waals surface area contributed by atoms with Crippen molar-refractivity contribution in [3.63, 3.8) is 0 Å². The molecule has 3 aromatic carbocycles. The van der Waals surface area contributed by atoms with Gasteiger partial charge in [0.05, 0.1) is 16.7 Å². The van der Waals surface area contributed by atoms with Crippen molar-refractivity contribution in [1.29, 1.82) is 0 Å². The van der Waals surface area contributed by atoms with Crippen molar-refractivity contribution in [2.45, 2.75) is 25.7 Å². The van der Waals surface area contributed by atoms with Crippen LogP contribution in [0.1, 0.15) is 36.0 Å². The van der Waals surface area contributed by atoms with E-state index in [2.05, 4.69) is 47.0 Å². The number of carbonyl (C=O) groups excluding carboxylic acids is 1. The molecule has 0 aliphatic rings. The maximum absolute atomic E-state index is 12.0. The zero-order valence-corrected chi connectivity index (χ0v) is 18.3. The van der Waals surface area contributed by atoms with Gasteiger partial charge in [0.1, 0.15) is 0 Å². The summed E-state index contributed by atoms with van der Waals surface area (Å²) < 4.78 is 0. The van der Waals surface area contributed by atoms with Crippen LogP contribution >= 0.6 is 12.4 Å². The van der Waals surface area contributed by atoms with Gasteiger partial charge >= 0.3 is 0 Å². The summed E-state index contributed by atoms with van der Waals surface area (Å²) in [6.07, 6.45) is 4.33. The van der Waals surface area contributed by atoms with Crippen molar-refractivity contribution >= 4 is 45.8 Å². The van der Waals surface area contributed by atoms with Crippen LogP contribution in [-0.4, -0.2) is 24.0 Å². The van der Waals surface area contributed by atoms with Gasteiger partial charge in [0.2, 0.25) is 0 Å². The summed E-state index contributed by atoms with van der Waals surface area (Å²) in [6.45, 7) is 1.65. The first kappa shape index (κ1) is 22.6. The van der Waals surface area contributed by atoms with Crippen LogP contribution in [0.2, 0.25) is 0 Å². The number of hydrogen-bond acceptors (Lipinski definition) is 3. The van der Waals surface area contributed by atoms with Gasteiger partial charge in [0.25, 0.3) is 5.91 Å². The van der Waals surface area contributed by atoms with Gasteiger partial charge in [-0.1, -0.05) is 67.4 Å². The van der Waals surface area contributed by atoms with E-state index in [0.29, 0.717) is 0 Å². The monoisotopic (exact) mass is 433 g/mol. The number of rotatable bonds is 9. The lowest BCUT2D eigenvalue weighted by Crippen LogP contribution is -2.24. The highest BCUT2D eigenvalue weighted by Crippen LogP contribution is 2.30. The Labute approximate surface area is 189 Å². The third-order valence-electron chi connectivity index (χ3n) is 5.31. The highest BCUT2D eigenvalue weighted by atomic mass is 35.5. The highest BCUT2D eigenvalue weighted by molar-refractivity contribution is 6.07. The second kappa shape index (κ2) is 11.3. The molecule has 0 saturated carbocycles. The Morgan fingerprint density at radius 2 is 1.23 bits per heavy atom. The molecule has 0 unspecified atom stereocenters. The molecule has 0 saturated heterocycles. The Balaban J connectivity index is 0.00000272. The highest BCUT2D eigenvalue weighted by Gasteiger charge is 2.08. The van der Waals surface area contributed by atoms with E-state index in [-0.39, 0.29) is 18.3 Å². The minimum Gasteiger partial charge on any atom is -0.384 e. The van der Waals surface area contributed by atoms with Crippen molar-refractivity contribution in [1.82, 2.24) is 10.3 Å². The molecule has 0 bridgehead atoms. The molecule has 2 N–H and O–H groups in total. The maximum Gasteiger partial charge on any atom is 0.251 e. The van der Waals surface area contributed by atoms with Crippen LogP contribution in [0.25, 0.3) is 21.8 Å². The van der Waals surface area contributed by atoms with Crippen LogP contribution in [0.4, 0.5) is 5.69 Å². The predicted molar refractivity (Wildman–Crippen MR) is 132 cm³/mol. The molecule has 160 valence electrons. The molecule has 0 fully saturated rings. The van der Waals surface area contributed by atoms with Crippen molar-refractivity contribution in [2.24, 2.45) is 0 Å². The largest absolute Gasteiger partial charge is 0.384 e. The standard InChI is InChI=1S/C26H27N3O.ClH/c30-26(20-12-4-3-5-13-20)28-19-11-2-1-10-18-27-25-21-14-6-8-16-23(21)29-24-17-9-7-15-22(24)25;/h3-9,12-17H,1-2,10-11,18-19H2,(H,27,29)(H,28,30);1H. The number of fused-ring (bicyclic) bond motifs is 2. The quantitative estimate of drug-likeness (QED) is 0.243. The van der Waals surface area contributed by atoms with E-state index < -0.39 is 0 Å². The van der Waals surface area contributed by atoms with E-state index in [9.17, 15) is 4.79 Å². The topological polar surface area (TPSA) is 54.0 Å². The first-order valence-electron chi connectivity index (χ1n) is 10.7. The lowest BCUT2D eigenvalue weighted by molar-refractivity contribution is 0.0953. The van der Waals surface area contributed by atoms with Gasteiger partial charge in [0.15, 0.2) is 0 Å². The maximum atomic E-state index is 12.0. The summed E-state index contributed by atoms with van der Waals surface area (Å²) in [4.78, 5) is 16.8. The first-order valence-corrected chi connectivity index (χ1v) is 10.7. The number of unbranched alkanes of at least 4 members (excludes halogenated alkanes) is 3. The van der Waals surface area contributed by atoms with E-state index in [1.54, 1.807) is 0 Å². The van der Waals surface area contributed by atoms with Crippen LogP contribution < -0.4 is 10.6 Å². The number of aromatic nitrogens is 1. The fraction of sp³-hybridized carbons (Fsp3) is 0.231. The van der Waals surface area contributed by atoms with E-state index in [1.807, 2.05) is 42.5 Å². The molecular formula is C26H28ClN3O. The zero-order valence-electron chi connectivity index (χ0n) is 17.5. The van der Waals surface area contributed by atoms with Gasteiger partial charge in [-0.3, -0.25) is 4.79 Å². The Kier molecular flexibility index (Phi) is 8.25. The number of amides is 1. The summed E-state index contributed by atoms with van der Waals surface area (Å²) in [7, 11) is 0. The molecule has 1 heterocycles. The SMILES string of the molecule is Cl.O=C(NCCCCCCNc1c2ccccc2nc2ccccc12)c1ccccc1. The molecule has 31 heavy (non-hydrogen) atoms. The minimum atomic E-state index is 0. The molecule has 1 amide bonds. The Morgan fingerprint density at radius 3 is 1.87 bits per heavy atom. The van der Waals surface area contributed by atoms with E-state index >= 15 is 0 Å². The summed E-state index contributed by atoms with van der Waals surface area (Å²) >= 11 is 0. The molecule has 4 nitrogen and oxygen atoms in total. The molecule has 0 aliphatic heterocycles. The second-order valence-electron chi connectivity index (χ2n) is 7.48. The van der Waals surface area contributed by atoms with Gasteiger partial charge < -0.3 is 10.6 Å². The number of halogens is 1. The molecule has 4 rings (SSSR count). The fourth-order valence-electron chi connectivity index (χ4n) is 3.74. The number of nitrogens with one attached hydrogen (secondary N) is 2. The zero-order chi connectivity index (χ0) is 20.6. The summed E-state index contributed by atoms with van der Waals surface area (Å²) in [5.41, 5.74) is 3.94. The van der Waals surface area contributed by atoms with E-state index in [4.69, 9.17) is 4.98 Å². The average molecular weight is 434 g/mol. The molecule has 1 aromatic heterocycles. The lowest BCUT2D eigenvalue weighted by Gasteiger charge is -2.13. The Bertz CT molecular complexity index is 1080. The number of para-hydroxylation sites is 2. The molecule has 0 aliphatic carbocycles. The van der Waals surface area contributed by atoms with Gasteiger partial charge in [-0.2, -0.15) is 0 Å². The minimum absolute atomic E-state index is 0. The van der Waals surface area contributed by atoms with Gasteiger partial charge in [0, 0.05) is 29.4 Å². The summed E-state index contributed by atoms with van der Waals surface area (Å²) in [5, 5.41) is 8.98. The first-order chi connectivity index (χ1) is 14.8. The lowest BCUT2D eigenvalue weighted by atomic mass is 10.1. The molecular weight excluding hydrogens is 406 g/mol. The number of pyridine rings is 1. The van der Waals surface area contributed by atoms with Crippen LogP contribution in [0.3, 0.4) is 0 Å². The second-order valence-corrected chi connectivity index (χ2v) is 7.48. The third-order valence-corrected chi connectivity index (χ3v) is 5.31. The van der Waals surface area contributed by atoms with Gasteiger partial charge in [-0.05, 0) is 37.1 Å². The predicted octanol–water partition coefficient (Wildman–Crippen LogP) is 6.21. The number of anilines is 1. The fourth-order valence-corrected chi connectivity index (χ4v) is 3.74. The number of nitrogens with zero attached hydrogens (tertiary/aromatic N) is 1. The average Bonchev–Trinajstić information content (AvgIpc) is 2.80. The Hall–Kier alpha value is -3.11. The number of carbonyl (C=O) groups is 1. The van der Waals surface area contributed by atoms with E-state index in [0.717, 1.165) is 55.4 Å². The van der Waals surface area contributed by atoms with Crippen LogP contribution in [0.15, 0.2) is 78.9 Å². The van der Waals surface area contributed by atoms with E-state index in [1.165, 1.54) is 16.5 Å². The summed E-state index contributed by atoms with van der Waals surface area (Å²) in [5.74, 6) is 0.00806. The smallest absolute Gasteiger partial charge is 0.251 e. The van der Waals surface area contributed by atoms with Gasteiger partial charge in [-0.25, -0.2) is 4.98 Å². The van der Waals surface area contributed by atoms with Crippen LogP contribution in [0.5, 0.6) is 0 Å². The van der Waals surface area contributed by atoms with Crippen LogP contribution in [0, 0.1) is 0 Å². The van der Waals surface area contributed by atoms with Gasteiger partial charge in [-0.15, -0.1) is 12.4 Å². The Morgan fingerprint density at radius 1 is 0.677 bits per heavy atom. The molecule has 5 heteroatoms. The molecule has 0 atom stereocenters. The van der Waals surface area contributed by atoms with Crippen molar-refractivity contribution in [3.8, 4) is 0 Å².